The van der Waals surface area contributed by atoms with Crippen LogP contribution in [0.15, 0.2) is 47.1 Å². The van der Waals surface area contributed by atoms with E-state index in [9.17, 15) is 4.79 Å². The first-order valence-corrected chi connectivity index (χ1v) is 11.6. The van der Waals surface area contributed by atoms with Gasteiger partial charge in [-0.15, -0.1) is 0 Å². The van der Waals surface area contributed by atoms with E-state index < -0.39 is 0 Å². The van der Waals surface area contributed by atoms with Gasteiger partial charge >= 0.3 is 0 Å². The highest BCUT2D eigenvalue weighted by molar-refractivity contribution is 6.30. The van der Waals surface area contributed by atoms with Crippen LogP contribution in [0.5, 0.6) is 0 Å². The van der Waals surface area contributed by atoms with Gasteiger partial charge in [0.2, 0.25) is 0 Å². The molecule has 0 atom stereocenters. The van der Waals surface area contributed by atoms with Crippen molar-refractivity contribution in [1.82, 2.24) is 14.9 Å². The number of benzene rings is 1. The van der Waals surface area contributed by atoms with Crippen LogP contribution in [0.2, 0.25) is 5.02 Å². The number of aromatic nitrogens is 2. The smallest absolute Gasteiger partial charge is 0.289 e. The highest BCUT2D eigenvalue weighted by Crippen LogP contribution is 2.28. The molecule has 1 fully saturated rings. The van der Waals surface area contributed by atoms with Crippen molar-refractivity contribution in [1.29, 1.82) is 0 Å². The van der Waals surface area contributed by atoms with Crippen LogP contribution in [0.3, 0.4) is 0 Å². The molecule has 168 valence electrons. The Morgan fingerprint density at radius 1 is 1.12 bits per heavy atom. The average Bonchev–Trinajstić information content (AvgIpc) is 3.34. The molecule has 3 aromatic rings. The first-order chi connectivity index (χ1) is 15.5. The van der Waals surface area contributed by atoms with Crippen LogP contribution in [0.4, 0.5) is 5.82 Å². The van der Waals surface area contributed by atoms with Crippen LogP contribution in [-0.4, -0.2) is 47.0 Å². The van der Waals surface area contributed by atoms with Gasteiger partial charge in [0, 0.05) is 54.8 Å². The number of halogens is 1. The SMILES string of the molecule is CCc1nc(C(C)C)nc(N2CCN(C(=O)c3ccco3)CC2)c1Cc1cccc(Cl)c1. The van der Waals surface area contributed by atoms with Crippen LogP contribution in [0.25, 0.3) is 0 Å². The van der Waals surface area contributed by atoms with Gasteiger partial charge in [0.1, 0.15) is 11.6 Å². The number of furan rings is 1. The zero-order valence-electron chi connectivity index (χ0n) is 18.8. The molecule has 1 aliphatic rings. The monoisotopic (exact) mass is 452 g/mol. The maximum absolute atomic E-state index is 12.7. The highest BCUT2D eigenvalue weighted by Gasteiger charge is 2.27. The molecule has 0 N–H and O–H groups in total. The molecule has 6 nitrogen and oxygen atoms in total. The maximum Gasteiger partial charge on any atom is 0.289 e. The zero-order chi connectivity index (χ0) is 22.7. The number of piperazine rings is 1. The largest absolute Gasteiger partial charge is 0.459 e. The molecule has 0 radical (unpaired) electrons. The van der Waals surface area contributed by atoms with E-state index in [0.717, 1.165) is 46.3 Å². The Labute approximate surface area is 194 Å². The Hall–Kier alpha value is -2.86. The minimum Gasteiger partial charge on any atom is -0.459 e. The number of carbonyl (C=O) groups is 1. The fourth-order valence-electron chi connectivity index (χ4n) is 4.06. The molecular weight excluding hydrogens is 424 g/mol. The second kappa shape index (κ2) is 9.74. The third-order valence-electron chi connectivity index (χ3n) is 5.81. The molecule has 1 aliphatic heterocycles. The Morgan fingerprint density at radius 2 is 1.91 bits per heavy atom. The molecule has 1 aromatic carbocycles. The van der Waals surface area contributed by atoms with Gasteiger partial charge in [-0.05, 0) is 36.2 Å². The van der Waals surface area contributed by atoms with Crippen molar-refractivity contribution in [3.63, 3.8) is 0 Å². The minimum absolute atomic E-state index is 0.0615. The van der Waals surface area contributed by atoms with Crippen LogP contribution < -0.4 is 4.90 Å². The molecule has 1 amide bonds. The number of rotatable bonds is 6. The van der Waals surface area contributed by atoms with Crippen LogP contribution in [0.1, 0.15) is 59.9 Å². The molecule has 4 rings (SSSR count). The lowest BCUT2D eigenvalue weighted by Gasteiger charge is -2.36. The van der Waals surface area contributed by atoms with Crippen molar-refractivity contribution in [3.05, 3.63) is 76.1 Å². The van der Waals surface area contributed by atoms with Crippen LogP contribution in [0, 0.1) is 0 Å². The number of carbonyl (C=O) groups excluding carboxylic acids is 1. The molecule has 2 aromatic heterocycles. The second-order valence-corrected chi connectivity index (χ2v) is 8.84. The second-order valence-electron chi connectivity index (χ2n) is 8.40. The first-order valence-electron chi connectivity index (χ1n) is 11.2. The molecule has 0 saturated carbocycles. The van der Waals surface area contributed by atoms with Gasteiger partial charge in [0.15, 0.2) is 5.76 Å². The van der Waals surface area contributed by atoms with Gasteiger partial charge in [-0.25, -0.2) is 9.97 Å². The summed E-state index contributed by atoms with van der Waals surface area (Å²) in [5.41, 5.74) is 3.36. The summed E-state index contributed by atoms with van der Waals surface area (Å²) >= 11 is 6.24. The first kappa shape index (κ1) is 22.3. The van der Waals surface area contributed by atoms with Crippen molar-refractivity contribution in [2.75, 3.05) is 31.1 Å². The van der Waals surface area contributed by atoms with E-state index in [1.807, 2.05) is 23.1 Å². The predicted octanol–water partition coefficient (Wildman–Crippen LogP) is 4.96. The number of aryl methyl sites for hydroxylation is 1. The fourth-order valence-corrected chi connectivity index (χ4v) is 4.27. The number of hydrogen-bond donors (Lipinski definition) is 0. The highest BCUT2D eigenvalue weighted by atomic mass is 35.5. The Kier molecular flexibility index (Phi) is 6.80. The Balaban J connectivity index is 1.63. The molecule has 0 unspecified atom stereocenters. The number of nitrogens with zero attached hydrogens (tertiary/aromatic N) is 4. The maximum atomic E-state index is 12.7. The van der Waals surface area contributed by atoms with Crippen molar-refractivity contribution in [2.24, 2.45) is 0 Å². The Morgan fingerprint density at radius 3 is 2.53 bits per heavy atom. The molecule has 3 heterocycles. The van der Waals surface area contributed by atoms with Crippen molar-refractivity contribution in [3.8, 4) is 0 Å². The molecule has 0 spiro atoms. The molecule has 7 heteroatoms. The van der Waals surface area contributed by atoms with Crippen molar-refractivity contribution < 1.29 is 9.21 Å². The summed E-state index contributed by atoms with van der Waals surface area (Å²) in [5, 5.41) is 0.729. The van der Waals surface area contributed by atoms with E-state index in [2.05, 4.69) is 31.7 Å². The Bertz CT molecular complexity index is 1070. The number of amides is 1. The third-order valence-corrected chi connectivity index (χ3v) is 6.04. The number of anilines is 1. The molecule has 0 aliphatic carbocycles. The molecule has 1 saturated heterocycles. The van der Waals surface area contributed by atoms with E-state index in [0.29, 0.717) is 31.9 Å². The van der Waals surface area contributed by atoms with Gasteiger partial charge in [-0.3, -0.25) is 4.79 Å². The fraction of sp³-hybridized carbons (Fsp3) is 0.400. The standard InChI is InChI=1S/C25H29ClN4O2/c1-4-21-20(16-18-7-5-8-19(26)15-18)24(28-23(27-21)17(2)3)29-10-12-30(13-11-29)25(31)22-9-6-14-32-22/h5-9,14-15,17H,4,10-13,16H2,1-3H3. The topological polar surface area (TPSA) is 62.5 Å². The molecule has 32 heavy (non-hydrogen) atoms. The third kappa shape index (κ3) is 4.80. The quantitative estimate of drug-likeness (QED) is 0.528. The lowest BCUT2D eigenvalue weighted by atomic mass is 10.0. The van der Waals surface area contributed by atoms with Crippen molar-refractivity contribution in [2.45, 2.75) is 39.5 Å². The number of hydrogen-bond acceptors (Lipinski definition) is 5. The summed E-state index contributed by atoms with van der Waals surface area (Å²) in [7, 11) is 0. The zero-order valence-corrected chi connectivity index (χ0v) is 19.6. The van der Waals surface area contributed by atoms with Crippen molar-refractivity contribution >= 4 is 23.3 Å². The van der Waals surface area contributed by atoms with Gasteiger partial charge < -0.3 is 14.2 Å². The van der Waals surface area contributed by atoms with Crippen LogP contribution in [-0.2, 0) is 12.8 Å². The summed E-state index contributed by atoms with van der Waals surface area (Å²) in [5.74, 6) is 2.40. The summed E-state index contributed by atoms with van der Waals surface area (Å²) in [6, 6.07) is 11.4. The summed E-state index contributed by atoms with van der Waals surface area (Å²) in [4.78, 5) is 26.7. The molecular formula is C25H29ClN4O2. The van der Waals surface area contributed by atoms with E-state index in [1.165, 1.54) is 6.26 Å². The van der Waals surface area contributed by atoms with E-state index >= 15 is 0 Å². The van der Waals surface area contributed by atoms with Gasteiger partial charge in [-0.2, -0.15) is 0 Å². The molecule has 0 bridgehead atoms. The average molecular weight is 453 g/mol. The van der Waals surface area contributed by atoms with Gasteiger partial charge in [0.05, 0.1) is 6.26 Å². The lowest BCUT2D eigenvalue weighted by Crippen LogP contribution is -2.49. The summed E-state index contributed by atoms with van der Waals surface area (Å²) < 4.78 is 5.29. The normalized spacial score (nSPS) is 14.3. The van der Waals surface area contributed by atoms with E-state index in [4.69, 9.17) is 26.0 Å². The van der Waals surface area contributed by atoms with Gasteiger partial charge in [0.25, 0.3) is 5.91 Å². The minimum atomic E-state index is -0.0615. The summed E-state index contributed by atoms with van der Waals surface area (Å²) in [6.45, 7) is 9.05. The van der Waals surface area contributed by atoms with Gasteiger partial charge in [-0.1, -0.05) is 44.5 Å². The van der Waals surface area contributed by atoms with E-state index in [-0.39, 0.29) is 11.8 Å². The lowest BCUT2D eigenvalue weighted by molar-refractivity contribution is 0.0714. The summed E-state index contributed by atoms with van der Waals surface area (Å²) in [6.07, 6.45) is 3.09. The van der Waals surface area contributed by atoms with Crippen LogP contribution >= 0.6 is 11.6 Å². The predicted molar refractivity (Wildman–Crippen MR) is 127 cm³/mol. The van der Waals surface area contributed by atoms with E-state index in [1.54, 1.807) is 12.1 Å².